The molecule has 0 saturated carbocycles. The molecule has 0 spiro atoms. The van der Waals surface area contributed by atoms with Crippen LogP contribution in [0.3, 0.4) is 0 Å². The Labute approximate surface area is 163 Å². The Hall–Kier alpha value is -2.65. The first-order valence-electron chi connectivity index (χ1n) is 8.41. The third kappa shape index (κ3) is 4.42. The van der Waals surface area contributed by atoms with E-state index in [9.17, 15) is 18.0 Å². The minimum Gasteiger partial charge on any atom is -0.383 e. The first kappa shape index (κ1) is 20.1. The molecule has 3 rings (SSSR count). The summed E-state index contributed by atoms with van der Waals surface area (Å²) in [5.74, 6) is -0.286. The molecular weight excluding hydrogens is 391 g/mol. The van der Waals surface area contributed by atoms with Gasteiger partial charge in [0.1, 0.15) is 0 Å². The van der Waals surface area contributed by atoms with E-state index in [1.165, 1.54) is 16.0 Å². The number of nitrogens with one attached hydrogen (secondary N) is 1. The number of rotatable bonds is 6. The number of carbonyl (C=O) groups excluding carboxylic acids is 1. The van der Waals surface area contributed by atoms with Crippen molar-refractivity contribution in [2.24, 2.45) is 0 Å². The monoisotopic (exact) mass is 409 g/mol. The second-order valence-electron chi connectivity index (χ2n) is 6.18. The molecular formula is C19H18F3N3O2S. The molecule has 1 atom stereocenters. The molecule has 9 heteroatoms. The summed E-state index contributed by atoms with van der Waals surface area (Å²) in [4.78, 5) is 12.9. The highest BCUT2D eigenvalue weighted by atomic mass is 32.1. The summed E-state index contributed by atoms with van der Waals surface area (Å²) in [6.45, 7) is 2.19. The first-order chi connectivity index (χ1) is 13.3. The zero-order chi connectivity index (χ0) is 20.3. The molecule has 0 fully saturated rings. The van der Waals surface area contributed by atoms with Crippen LogP contribution in [0.1, 0.15) is 23.0 Å². The molecule has 1 amide bonds. The van der Waals surface area contributed by atoms with Gasteiger partial charge in [-0.2, -0.15) is 18.3 Å². The fourth-order valence-corrected chi connectivity index (χ4v) is 3.40. The van der Waals surface area contributed by atoms with Crippen molar-refractivity contribution in [1.82, 2.24) is 15.1 Å². The van der Waals surface area contributed by atoms with Crippen LogP contribution in [-0.2, 0) is 10.9 Å². The molecule has 5 nitrogen and oxygen atoms in total. The van der Waals surface area contributed by atoms with Crippen molar-refractivity contribution in [3.63, 3.8) is 0 Å². The number of hydrogen-bond donors (Lipinski definition) is 1. The highest BCUT2D eigenvalue weighted by molar-refractivity contribution is 7.13. The fourth-order valence-electron chi connectivity index (χ4n) is 2.67. The Morgan fingerprint density at radius 2 is 2.00 bits per heavy atom. The van der Waals surface area contributed by atoms with E-state index in [0.29, 0.717) is 28.4 Å². The Morgan fingerprint density at radius 3 is 2.57 bits per heavy atom. The molecule has 0 radical (unpaired) electrons. The van der Waals surface area contributed by atoms with E-state index in [-0.39, 0.29) is 11.9 Å². The largest absolute Gasteiger partial charge is 0.435 e. The van der Waals surface area contributed by atoms with Crippen LogP contribution in [0.15, 0.2) is 47.8 Å². The number of benzene rings is 1. The molecule has 28 heavy (non-hydrogen) atoms. The van der Waals surface area contributed by atoms with Gasteiger partial charge in [-0.25, -0.2) is 4.68 Å². The van der Waals surface area contributed by atoms with Gasteiger partial charge in [-0.15, -0.1) is 11.3 Å². The number of alkyl halides is 3. The van der Waals surface area contributed by atoms with Gasteiger partial charge in [-0.3, -0.25) is 4.79 Å². The van der Waals surface area contributed by atoms with E-state index in [0.717, 1.165) is 6.07 Å². The van der Waals surface area contributed by atoms with E-state index in [1.54, 1.807) is 48.9 Å². The maximum absolute atomic E-state index is 13.2. The molecule has 1 aromatic carbocycles. The third-order valence-electron chi connectivity index (χ3n) is 3.94. The van der Waals surface area contributed by atoms with Gasteiger partial charge in [0.25, 0.3) is 5.91 Å². The molecule has 0 aliphatic heterocycles. The zero-order valence-electron chi connectivity index (χ0n) is 15.2. The number of carbonyl (C=O) groups is 1. The number of nitrogens with zero attached hydrogens (tertiary/aromatic N) is 2. The quantitative estimate of drug-likeness (QED) is 0.657. The topological polar surface area (TPSA) is 56.1 Å². The molecule has 2 heterocycles. The Kier molecular flexibility index (Phi) is 5.85. The van der Waals surface area contributed by atoms with E-state index >= 15 is 0 Å². The van der Waals surface area contributed by atoms with E-state index in [4.69, 9.17) is 4.74 Å². The summed E-state index contributed by atoms with van der Waals surface area (Å²) in [6, 6.07) is 10.6. The highest BCUT2D eigenvalue weighted by Gasteiger charge is 2.35. The van der Waals surface area contributed by atoms with Crippen LogP contribution >= 0.6 is 11.3 Å². The summed E-state index contributed by atoms with van der Waals surface area (Å²) in [5.41, 5.74) is 0.201. The normalized spacial score (nSPS) is 12.8. The van der Waals surface area contributed by atoms with Crippen molar-refractivity contribution in [2.45, 2.75) is 19.1 Å². The molecule has 0 aliphatic carbocycles. The van der Waals surface area contributed by atoms with Crippen LogP contribution < -0.4 is 5.32 Å². The summed E-state index contributed by atoms with van der Waals surface area (Å²) >= 11 is 1.32. The van der Waals surface area contributed by atoms with Crippen molar-refractivity contribution >= 4 is 17.2 Å². The molecule has 148 valence electrons. The lowest BCUT2D eigenvalue weighted by Gasteiger charge is -2.13. The Morgan fingerprint density at radius 1 is 1.29 bits per heavy atom. The average Bonchev–Trinajstić information content (AvgIpc) is 3.31. The van der Waals surface area contributed by atoms with Crippen molar-refractivity contribution in [3.05, 3.63) is 59.1 Å². The molecule has 1 N–H and O–H groups in total. The van der Waals surface area contributed by atoms with E-state index in [2.05, 4.69) is 10.4 Å². The molecule has 0 bridgehead atoms. The van der Waals surface area contributed by atoms with Gasteiger partial charge in [0, 0.05) is 18.7 Å². The predicted octanol–water partition coefficient (Wildman–Crippen LogP) is 4.38. The number of thiophene rings is 1. The maximum atomic E-state index is 13.2. The maximum Gasteiger partial charge on any atom is 0.435 e. The van der Waals surface area contributed by atoms with Crippen molar-refractivity contribution in [3.8, 4) is 16.3 Å². The van der Waals surface area contributed by atoms with Crippen molar-refractivity contribution in [1.29, 1.82) is 0 Å². The number of amides is 1. The number of aromatic nitrogens is 2. The summed E-state index contributed by atoms with van der Waals surface area (Å²) in [7, 11) is 1.54. The van der Waals surface area contributed by atoms with Crippen LogP contribution in [0.25, 0.3) is 16.3 Å². The fraction of sp³-hybridized carbons (Fsp3) is 0.263. The van der Waals surface area contributed by atoms with Crippen LogP contribution in [-0.4, -0.2) is 35.4 Å². The highest BCUT2D eigenvalue weighted by Crippen LogP contribution is 2.34. The van der Waals surface area contributed by atoms with Gasteiger partial charge in [0.05, 0.1) is 22.9 Å². The number of hydrogen-bond acceptors (Lipinski definition) is 4. The van der Waals surface area contributed by atoms with Gasteiger partial charge in [-0.05, 0) is 48.7 Å². The molecule has 0 saturated heterocycles. The lowest BCUT2D eigenvalue weighted by atomic mass is 10.2. The minimum absolute atomic E-state index is 0.164. The SMILES string of the molecule is COC[C@H](C)NC(=O)c1ccc(-n2nc(C(F)(F)F)cc2-c2cccs2)cc1. The summed E-state index contributed by atoms with van der Waals surface area (Å²) in [5, 5.41) is 8.30. The standard InChI is InChI=1S/C19H18F3N3O2S/c1-12(11-27-2)23-18(26)13-5-7-14(8-6-13)25-15(16-4-3-9-28-16)10-17(24-25)19(20,21)22/h3-10,12H,11H2,1-2H3,(H,23,26)/t12-/m0/s1. The summed E-state index contributed by atoms with van der Waals surface area (Å²) < 4.78 is 45.7. The van der Waals surface area contributed by atoms with Crippen LogP contribution in [0.5, 0.6) is 0 Å². The second-order valence-corrected chi connectivity index (χ2v) is 7.13. The Bertz CT molecular complexity index is 934. The molecule has 0 unspecified atom stereocenters. The van der Waals surface area contributed by atoms with Crippen LogP contribution in [0, 0.1) is 0 Å². The van der Waals surface area contributed by atoms with E-state index < -0.39 is 11.9 Å². The van der Waals surface area contributed by atoms with Crippen molar-refractivity contribution < 1.29 is 22.7 Å². The van der Waals surface area contributed by atoms with E-state index in [1.807, 2.05) is 6.92 Å². The minimum atomic E-state index is -4.55. The lowest BCUT2D eigenvalue weighted by molar-refractivity contribution is -0.141. The lowest BCUT2D eigenvalue weighted by Crippen LogP contribution is -2.35. The number of ether oxygens (including phenoxy) is 1. The first-order valence-corrected chi connectivity index (χ1v) is 9.29. The van der Waals surface area contributed by atoms with Gasteiger partial charge in [0.2, 0.25) is 0 Å². The zero-order valence-corrected chi connectivity index (χ0v) is 16.0. The predicted molar refractivity (Wildman–Crippen MR) is 101 cm³/mol. The number of halogens is 3. The van der Waals surface area contributed by atoms with Crippen LogP contribution in [0.2, 0.25) is 0 Å². The van der Waals surface area contributed by atoms with Crippen molar-refractivity contribution in [2.75, 3.05) is 13.7 Å². The smallest absolute Gasteiger partial charge is 0.383 e. The summed E-state index contributed by atoms with van der Waals surface area (Å²) in [6.07, 6.45) is -4.55. The van der Waals surface area contributed by atoms with Gasteiger partial charge < -0.3 is 10.1 Å². The second kappa shape index (κ2) is 8.15. The van der Waals surface area contributed by atoms with Gasteiger partial charge in [0.15, 0.2) is 5.69 Å². The number of methoxy groups -OCH3 is 1. The van der Waals surface area contributed by atoms with Crippen LogP contribution in [0.4, 0.5) is 13.2 Å². The molecule has 2 aromatic heterocycles. The molecule has 3 aromatic rings. The third-order valence-corrected chi connectivity index (χ3v) is 4.83. The average molecular weight is 409 g/mol. The Balaban J connectivity index is 1.91. The van der Waals surface area contributed by atoms with Gasteiger partial charge >= 0.3 is 6.18 Å². The molecule has 0 aliphatic rings. The van der Waals surface area contributed by atoms with Gasteiger partial charge in [-0.1, -0.05) is 6.07 Å².